The molecule has 0 aromatic heterocycles. The zero-order chi connectivity index (χ0) is 12.0. The number of benzene rings is 1. The SMILES string of the molecule is CCCCc1ccc(C(=O)OCC)c(N)c1. The van der Waals surface area contributed by atoms with Crippen molar-refractivity contribution in [3.8, 4) is 0 Å². The lowest BCUT2D eigenvalue weighted by Crippen LogP contribution is -2.08. The molecular formula is C13H19NO2. The fraction of sp³-hybridized carbons (Fsp3) is 0.462. The molecule has 0 amide bonds. The summed E-state index contributed by atoms with van der Waals surface area (Å²) >= 11 is 0. The monoisotopic (exact) mass is 221 g/mol. The largest absolute Gasteiger partial charge is 0.462 e. The Hall–Kier alpha value is -1.51. The average molecular weight is 221 g/mol. The number of nitrogens with two attached hydrogens (primary N) is 1. The third-order valence-electron chi connectivity index (χ3n) is 2.43. The Morgan fingerprint density at radius 2 is 2.12 bits per heavy atom. The van der Waals surface area contributed by atoms with Gasteiger partial charge >= 0.3 is 5.97 Å². The Bertz CT molecular complexity index is 361. The molecule has 1 aromatic rings. The van der Waals surface area contributed by atoms with E-state index in [1.807, 2.05) is 12.1 Å². The van der Waals surface area contributed by atoms with Crippen molar-refractivity contribution in [3.63, 3.8) is 0 Å². The van der Waals surface area contributed by atoms with Gasteiger partial charge in [-0.3, -0.25) is 0 Å². The molecule has 0 fully saturated rings. The number of carbonyl (C=O) groups excluding carboxylic acids is 1. The Balaban J connectivity index is 2.78. The first-order valence-corrected chi connectivity index (χ1v) is 5.74. The molecule has 0 saturated carbocycles. The van der Waals surface area contributed by atoms with Gasteiger partial charge in [-0.05, 0) is 37.5 Å². The minimum atomic E-state index is -0.345. The third-order valence-corrected chi connectivity index (χ3v) is 2.43. The van der Waals surface area contributed by atoms with Crippen LogP contribution in [0.5, 0.6) is 0 Å². The van der Waals surface area contributed by atoms with Gasteiger partial charge in [-0.15, -0.1) is 0 Å². The van der Waals surface area contributed by atoms with Crippen LogP contribution in [0, 0.1) is 0 Å². The normalized spacial score (nSPS) is 10.1. The smallest absolute Gasteiger partial charge is 0.340 e. The first-order chi connectivity index (χ1) is 7.69. The van der Waals surface area contributed by atoms with Crippen LogP contribution < -0.4 is 5.73 Å². The van der Waals surface area contributed by atoms with Gasteiger partial charge < -0.3 is 10.5 Å². The van der Waals surface area contributed by atoms with Crippen LogP contribution in [0.2, 0.25) is 0 Å². The number of anilines is 1. The molecule has 0 atom stereocenters. The molecule has 0 saturated heterocycles. The molecule has 1 rings (SSSR count). The number of nitrogen functional groups attached to an aromatic ring is 1. The molecule has 0 aliphatic heterocycles. The van der Waals surface area contributed by atoms with Crippen LogP contribution in [0.1, 0.15) is 42.6 Å². The van der Waals surface area contributed by atoms with Gasteiger partial charge in [-0.25, -0.2) is 4.79 Å². The molecule has 0 heterocycles. The number of unbranched alkanes of at least 4 members (excludes halogenated alkanes) is 1. The molecule has 1 aromatic carbocycles. The van der Waals surface area contributed by atoms with Gasteiger partial charge in [0.15, 0.2) is 0 Å². The summed E-state index contributed by atoms with van der Waals surface area (Å²) in [5.41, 5.74) is 7.96. The molecule has 0 unspecified atom stereocenters. The topological polar surface area (TPSA) is 52.3 Å². The van der Waals surface area contributed by atoms with Crippen LogP contribution in [0.4, 0.5) is 5.69 Å². The lowest BCUT2D eigenvalue weighted by Gasteiger charge is -2.07. The van der Waals surface area contributed by atoms with Gasteiger partial charge in [0.05, 0.1) is 12.2 Å². The van der Waals surface area contributed by atoms with E-state index >= 15 is 0 Å². The summed E-state index contributed by atoms with van der Waals surface area (Å²) in [4.78, 5) is 11.5. The highest BCUT2D eigenvalue weighted by molar-refractivity contribution is 5.95. The fourth-order valence-electron chi connectivity index (χ4n) is 1.54. The van der Waals surface area contributed by atoms with Crippen molar-refractivity contribution in [3.05, 3.63) is 29.3 Å². The van der Waals surface area contributed by atoms with E-state index in [2.05, 4.69) is 6.92 Å². The van der Waals surface area contributed by atoms with Crippen molar-refractivity contribution in [2.24, 2.45) is 0 Å². The van der Waals surface area contributed by atoms with E-state index in [1.165, 1.54) is 5.56 Å². The zero-order valence-corrected chi connectivity index (χ0v) is 9.95. The zero-order valence-electron chi connectivity index (χ0n) is 9.95. The van der Waals surface area contributed by atoms with E-state index in [0.29, 0.717) is 17.9 Å². The van der Waals surface area contributed by atoms with Crippen LogP contribution in [0.3, 0.4) is 0 Å². The van der Waals surface area contributed by atoms with E-state index in [9.17, 15) is 4.79 Å². The lowest BCUT2D eigenvalue weighted by atomic mass is 10.0. The van der Waals surface area contributed by atoms with Gasteiger partial charge in [0.2, 0.25) is 0 Å². The van der Waals surface area contributed by atoms with E-state index in [4.69, 9.17) is 10.5 Å². The summed E-state index contributed by atoms with van der Waals surface area (Å²) in [6.07, 6.45) is 3.29. The number of hydrogen-bond donors (Lipinski definition) is 1. The first-order valence-electron chi connectivity index (χ1n) is 5.74. The molecule has 16 heavy (non-hydrogen) atoms. The predicted octanol–water partition coefficient (Wildman–Crippen LogP) is 2.79. The van der Waals surface area contributed by atoms with Crippen LogP contribution in [0.15, 0.2) is 18.2 Å². The highest BCUT2D eigenvalue weighted by Gasteiger charge is 2.10. The highest BCUT2D eigenvalue weighted by Crippen LogP contribution is 2.17. The van der Waals surface area contributed by atoms with Crippen molar-refractivity contribution < 1.29 is 9.53 Å². The van der Waals surface area contributed by atoms with Gasteiger partial charge in [0.1, 0.15) is 0 Å². The standard InChI is InChI=1S/C13H19NO2/c1-3-5-6-10-7-8-11(12(14)9-10)13(15)16-4-2/h7-9H,3-6,14H2,1-2H3. The molecule has 0 aliphatic carbocycles. The fourth-order valence-corrected chi connectivity index (χ4v) is 1.54. The summed E-state index contributed by atoms with van der Waals surface area (Å²) in [5.74, 6) is -0.345. The van der Waals surface area contributed by atoms with E-state index < -0.39 is 0 Å². The quantitative estimate of drug-likeness (QED) is 0.614. The second kappa shape index (κ2) is 6.16. The van der Waals surface area contributed by atoms with Gasteiger partial charge in [-0.1, -0.05) is 19.4 Å². The second-order valence-electron chi connectivity index (χ2n) is 3.75. The van der Waals surface area contributed by atoms with Crippen molar-refractivity contribution >= 4 is 11.7 Å². The van der Waals surface area contributed by atoms with Crippen molar-refractivity contribution in [1.82, 2.24) is 0 Å². The average Bonchev–Trinajstić information content (AvgIpc) is 2.26. The van der Waals surface area contributed by atoms with Crippen molar-refractivity contribution in [2.75, 3.05) is 12.3 Å². The van der Waals surface area contributed by atoms with Crippen LogP contribution in [-0.4, -0.2) is 12.6 Å². The minimum Gasteiger partial charge on any atom is -0.462 e. The Morgan fingerprint density at radius 1 is 1.38 bits per heavy atom. The lowest BCUT2D eigenvalue weighted by molar-refractivity contribution is 0.0527. The summed E-state index contributed by atoms with van der Waals surface area (Å²) in [6, 6.07) is 5.55. The molecule has 2 N–H and O–H groups in total. The second-order valence-corrected chi connectivity index (χ2v) is 3.75. The number of esters is 1. The summed E-state index contributed by atoms with van der Waals surface area (Å²) < 4.78 is 4.91. The molecule has 0 bridgehead atoms. The molecule has 0 radical (unpaired) electrons. The van der Waals surface area contributed by atoms with Gasteiger partial charge in [0.25, 0.3) is 0 Å². The van der Waals surface area contributed by atoms with Crippen LogP contribution >= 0.6 is 0 Å². The van der Waals surface area contributed by atoms with Crippen LogP contribution in [0.25, 0.3) is 0 Å². The predicted molar refractivity (Wildman–Crippen MR) is 65.4 cm³/mol. The summed E-state index contributed by atoms with van der Waals surface area (Å²) in [5, 5.41) is 0. The van der Waals surface area contributed by atoms with Crippen molar-refractivity contribution in [2.45, 2.75) is 33.1 Å². The molecule has 3 nitrogen and oxygen atoms in total. The number of carbonyl (C=O) groups is 1. The number of aryl methyl sites for hydroxylation is 1. The molecule has 0 spiro atoms. The Morgan fingerprint density at radius 3 is 2.69 bits per heavy atom. The number of rotatable bonds is 5. The number of hydrogen-bond acceptors (Lipinski definition) is 3. The van der Waals surface area contributed by atoms with E-state index in [0.717, 1.165) is 19.3 Å². The molecule has 88 valence electrons. The third kappa shape index (κ3) is 3.26. The molecule has 3 heteroatoms. The number of ether oxygens (including phenoxy) is 1. The van der Waals surface area contributed by atoms with Crippen LogP contribution in [-0.2, 0) is 11.2 Å². The first kappa shape index (κ1) is 12.6. The maximum atomic E-state index is 11.5. The van der Waals surface area contributed by atoms with Gasteiger partial charge in [0, 0.05) is 5.69 Å². The summed E-state index contributed by atoms with van der Waals surface area (Å²) in [7, 11) is 0. The molecule has 0 aliphatic rings. The Labute approximate surface area is 96.6 Å². The minimum absolute atomic E-state index is 0.345. The van der Waals surface area contributed by atoms with E-state index in [-0.39, 0.29) is 5.97 Å². The van der Waals surface area contributed by atoms with Gasteiger partial charge in [-0.2, -0.15) is 0 Å². The maximum Gasteiger partial charge on any atom is 0.340 e. The maximum absolute atomic E-state index is 11.5. The van der Waals surface area contributed by atoms with E-state index in [1.54, 1.807) is 13.0 Å². The van der Waals surface area contributed by atoms with Crippen molar-refractivity contribution in [1.29, 1.82) is 0 Å². The molecular weight excluding hydrogens is 202 g/mol. The summed E-state index contributed by atoms with van der Waals surface area (Å²) in [6.45, 7) is 4.30. The highest BCUT2D eigenvalue weighted by atomic mass is 16.5. The Kier molecular flexibility index (Phi) is 4.83.